The second kappa shape index (κ2) is 8.80. The van der Waals surface area contributed by atoms with Crippen molar-refractivity contribution in [2.75, 3.05) is 19.0 Å². The lowest BCUT2D eigenvalue weighted by molar-refractivity contribution is -0.145. The number of carbonyl (C=O) groups is 2. The maximum absolute atomic E-state index is 12.9. The third-order valence-corrected chi connectivity index (χ3v) is 4.15. The summed E-state index contributed by atoms with van der Waals surface area (Å²) >= 11 is 8.71. The van der Waals surface area contributed by atoms with Crippen LogP contribution in [-0.2, 0) is 22.3 Å². The van der Waals surface area contributed by atoms with Crippen LogP contribution in [0.1, 0.15) is 11.1 Å². The summed E-state index contributed by atoms with van der Waals surface area (Å²) in [7, 11) is 1.41. The SMILES string of the molecule is CN[C@@H](CO)C(=O)N(Cc1cccc(C(F)(F)F)c1Cl)C(=O)CBr. The lowest BCUT2D eigenvalue weighted by Crippen LogP contribution is -2.49. The van der Waals surface area contributed by atoms with Gasteiger partial charge in [-0.2, -0.15) is 13.2 Å². The van der Waals surface area contributed by atoms with Crippen LogP contribution >= 0.6 is 27.5 Å². The predicted octanol–water partition coefficient (Wildman–Crippen LogP) is 2.19. The van der Waals surface area contributed by atoms with Crippen molar-refractivity contribution in [3.63, 3.8) is 0 Å². The maximum Gasteiger partial charge on any atom is 0.417 e. The average molecular weight is 432 g/mol. The first kappa shape index (κ1) is 20.9. The molecule has 0 fully saturated rings. The van der Waals surface area contributed by atoms with Gasteiger partial charge in [-0.05, 0) is 18.7 Å². The standard InChI is InChI=1S/C14H15BrClF3N2O3/c1-20-10(7-22)13(24)21(11(23)5-15)6-8-3-2-4-9(12(8)16)14(17,18)19/h2-4,10,20,22H,5-7H2,1H3/t10-/m0/s1. The van der Waals surface area contributed by atoms with Crippen molar-refractivity contribution in [3.05, 3.63) is 34.3 Å². The molecule has 134 valence electrons. The molecule has 1 aromatic carbocycles. The Kier molecular flexibility index (Phi) is 7.65. The van der Waals surface area contributed by atoms with Crippen molar-refractivity contribution in [1.29, 1.82) is 0 Å². The van der Waals surface area contributed by atoms with E-state index in [1.54, 1.807) is 0 Å². The minimum Gasteiger partial charge on any atom is -0.394 e. The van der Waals surface area contributed by atoms with E-state index >= 15 is 0 Å². The number of imide groups is 1. The van der Waals surface area contributed by atoms with E-state index in [9.17, 15) is 22.8 Å². The average Bonchev–Trinajstić information content (AvgIpc) is 2.53. The summed E-state index contributed by atoms with van der Waals surface area (Å²) in [6.45, 7) is -1.01. The van der Waals surface area contributed by atoms with Crippen LogP contribution in [-0.4, -0.2) is 46.8 Å². The molecule has 10 heteroatoms. The number of hydrogen-bond donors (Lipinski definition) is 2. The Bertz CT molecular complexity index is 609. The Morgan fingerprint density at radius 2 is 2.04 bits per heavy atom. The van der Waals surface area contributed by atoms with Crippen molar-refractivity contribution in [2.24, 2.45) is 0 Å². The minimum atomic E-state index is -4.65. The second-order valence-electron chi connectivity index (χ2n) is 4.75. The van der Waals surface area contributed by atoms with Gasteiger partial charge in [-0.15, -0.1) is 0 Å². The smallest absolute Gasteiger partial charge is 0.394 e. The van der Waals surface area contributed by atoms with Crippen LogP contribution in [0.2, 0.25) is 5.02 Å². The topological polar surface area (TPSA) is 69.6 Å². The lowest BCUT2D eigenvalue weighted by Gasteiger charge is -2.25. The van der Waals surface area contributed by atoms with Crippen LogP contribution in [0, 0.1) is 0 Å². The summed E-state index contributed by atoms with van der Waals surface area (Å²) in [5, 5.41) is 10.9. The van der Waals surface area contributed by atoms with E-state index < -0.39 is 47.8 Å². The third kappa shape index (κ3) is 4.92. The number of aliphatic hydroxyl groups is 1. The molecule has 2 N–H and O–H groups in total. The molecule has 0 aliphatic carbocycles. The van der Waals surface area contributed by atoms with Crippen LogP contribution in [0.4, 0.5) is 13.2 Å². The summed E-state index contributed by atoms with van der Waals surface area (Å²) in [6.07, 6.45) is -4.65. The van der Waals surface area contributed by atoms with Gasteiger partial charge in [0, 0.05) is 0 Å². The molecule has 0 unspecified atom stereocenters. The highest BCUT2D eigenvalue weighted by atomic mass is 79.9. The predicted molar refractivity (Wildman–Crippen MR) is 85.7 cm³/mol. The Balaban J connectivity index is 3.21. The Labute approximate surface area is 149 Å². The largest absolute Gasteiger partial charge is 0.417 e. The van der Waals surface area contributed by atoms with Gasteiger partial charge in [-0.25, -0.2) is 0 Å². The number of aliphatic hydroxyl groups excluding tert-OH is 1. The number of rotatable bonds is 6. The molecule has 1 aromatic rings. The van der Waals surface area contributed by atoms with Crippen molar-refractivity contribution in [2.45, 2.75) is 18.8 Å². The van der Waals surface area contributed by atoms with Crippen LogP contribution in [0.5, 0.6) is 0 Å². The van der Waals surface area contributed by atoms with Crippen LogP contribution in [0.25, 0.3) is 0 Å². The number of hydrogen-bond acceptors (Lipinski definition) is 4. The number of benzene rings is 1. The highest BCUT2D eigenvalue weighted by Crippen LogP contribution is 2.36. The molecule has 1 rings (SSSR count). The monoisotopic (exact) mass is 430 g/mol. The van der Waals surface area contributed by atoms with E-state index in [4.69, 9.17) is 16.7 Å². The van der Waals surface area contributed by atoms with Gasteiger partial charge in [0.05, 0.1) is 29.1 Å². The summed E-state index contributed by atoms with van der Waals surface area (Å²) in [5.41, 5.74) is -1.07. The maximum atomic E-state index is 12.9. The first-order valence-electron chi connectivity index (χ1n) is 6.70. The van der Waals surface area contributed by atoms with E-state index in [-0.39, 0.29) is 10.9 Å². The van der Waals surface area contributed by atoms with Gasteiger partial charge in [0.1, 0.15) is 6.04 Å². The van der Waals surface area contributed by atoms with Crippen LogP contribution < -0.4 is 5.32 Å². The van der Waals surface area contributed by atoms with Gasteiger partial charge in [-0.1, -0.05) is 39.7 Å². The van der Waals surface area contributed by atoms with Crippen LogP contribution in [0.3, 0.4) is 0 Å². The molecule has 24 heavy (non-hydrogen) atoms. The lowest BCUT2D eigenvalue weighted by atomic mass is 10.1. The number of likely N-dealkylation sites (N-methyl/N-ethyl adjacent to an activating group) is 1. The number of nitrogens with one attached hydrogen (secondary N) is 1. The zero-order valence-corrected chi connectivity index (χ0v) is 14.9. The Hall–Kier alpha value is -1.16. The summed E-state index contributed by atoms with van der Waals surface area (Å²) in [5.74, 6) is -1.43. The molecule has 2 amide bonds. The summed E-state index contributed by atoms with van der Waals surface area (Å²) in [6, 6.07) is 2.20. The fourth-order valence-electron chi connectivity index (χ4n) is 1.93. The molecular weight excluding hydrogens is 417 g/mol. The second-order valence-corrected chi connectivity index (χ2v) is 5.69. The first-order chi connectivity index (χ1) is 11.2. The highest BCUT2D eigenvalue weighted by Gasteiger charge is 2.35. The third-order valence-electron chi connectivity index (χ3n) is 3.22. The van der Waals surface area contributed by atoms with E-state index in [2.05, 4.69) is 21.2 Å². The number of carbonyl (C=O) groups excluding carboxylic acids is 2. The zero-order valence-electron chi connectivity index (χ0n) is 12.5. The zero-order chi connectivity index (χ0) is 18.5. The van der Waals surface area contributed by atoms with Gasteiger partial charge in [-0.3, -0.25) is 14.5 Å². The van der Waals surface area contributed by atoms with Gasteiger partial charge in [0.25, 0.3) is 0 Å². The molecule has 0 spiro atoms. The van der Waals surface area contributed by atoms with Gasteiger partial charge in [0.2, 0.25) is 11.8 Å². The van der Waals surface area contributed by atoms with Crippen molar-refractivity contribution >= 4 is 39.3 Å². The Morgan fingerprint density at radius 3 is 2.50 bits per heavy atom. The normalized spacial score (nSPS) is 12.8. The van der Waals surface area contributed by atoms with E-state index in [1.807, 2.05) is 0 Å². The van der Waals surface area contributed by atoms with Gasteiger partial charge < -0.3 is 10.4 Å². The van der Waals surface area contributed by atoms with Gasteiger partial charge in [0.15, 0.2) is 0 Å². The molecule has 1 atom stereocenters. The molecular formula is C14H15BrClF3N2O3. The van der Waals surface area contributed by atoms with Crippen molar-refractivity contribution in [1.82, 2.24) is 10.2 Å². The molecule has 0 saturated carbocycles. The molecule has 0 aromatic heterocycles. The fourth-order valence-corrected chi connectivity index (χ4v) is 2.53. The molecule has 0 aliphatic heterocycles. The molecule has 5 nitrogen and oxygen atoms in total. The van der Waals surface area contributed by atoms with Crippen molar-refractivity contribution in [3.8, 4) is 0 Å². The quantitative estimate of drug-likeness (QED) is 0.678. The Morgan fingerprint density at radius 1 is 1.42 bits per heavy atom. The number of amides is 2. The highest BCUT2D eigenvalue weighted by molar-refractivity contribution is 9.09. The van der Waals surface area contributed by atoms with Crippen molar-refractivity contribution < 1.29 is 27.9 Å². The molecule has 0 saturated heterocycles. The van der Waals surface area contributed by atoms with E-state index in [0.29, 0.717) is 0 Å². The summed E-state index contributed by atoms with van der Waals surface area (Å²) < 4.78 is 38.7. The number of halogens is 5. The summed E-state index contributed by atoms with van der Waals surface area (Å²) in [4.78, 5) is 25.0. The van der Waals surface area contributed by atoms with Crippen LogP contribution in [0.15, 0.2) is 18.2 Å². The minimum absolute atomic E-state index is 0.0260. The molecule has 0 aliphatic rings. The number of alkyl halides is 4. The first-order valence-corrected chi connectivity index (χ1v) is 8.20. The van der Waals surface area contributed by atoms with E-state index in [0.717, 1.165) is 17.0 Å². The molecule has 0 radical (unpaired) electrons. The van der Waals surface area contributed by atoms with Gasteiger partial charge >= 0.3 is 6.18 Å². The van der Waals surface area contributed by atoms with E-state index in [1.165, 1.54) is 13.1 Å². The molecule has 0 bridgehead atoms. The number of nitrogens with zero attached hydrogens (tertiary/aromatic N) is 1. The fraction of sp³-hybridized carbons (Fsp3) is 0.429. The molecule has 0 heterocycles.